The zero-order valence-electron chi connectivity index (χ0n) is 9.90. The highest BCUT2D eigenvalue weighted by Crippen LogP contribution is 2.30. The predicted octanol–water partition coefficient (Wildman–Crippen LogP) is 2.26. The van der Waals surface area contributed by atoms with Gasteiger partial charge in [-0.05, 0) is 32.6 Å². The monoisotopic (exact) mass is 207 g/mol. The number of hydrogen-bond acceptors (Lipinski definition) is 2. The van der Waals surface area contributed by atoms with Crippen LogP contribution in [0.15, 0.2) is 12.4 Å². The zero-order valence-corrected chi connectivity index (χ0v) is 9.90. The molecule has 1 heterocycles. The van der Waals surface area contributed by atoms with Gasteiger partial charge in [0.2, 0.25) is 0 Å². The van der Waals surface area contributed by atoms with Crippen LogP contribution >= 0.6 is 0 Å². The molecule has 1 fully saturated rings. The molecule has 0 spiro atoms. The smallest absolute Gasteiger partial charge is 0.125 e. The van der Waals surface area contributed by atoms with Gasteiger partial charge >= 0.3 is 0 Å². The number of aryl methyl sites for hydroxylation is 1. The van der Waals surface area contributed by atoms with E-state index in [1.807, 2.05) is 12.4 Å². The molecule has 2 rings (SSSR count). The fourth-order valence-corrected chi connectivity index (χ4v) is 2.34. The van der Waals surface area contributed by atoms with Crippen molar-refractivity contribution >= 4 is 0 Å². The minimum atomic E-state index is 0.348. The van der Waals surface area contributed by atoms with Crippen molar-refractivity contribution in [2.24, 2.45) is 13.0 Å². The summed E-state index contributed by atoms with van der Waals surface area (Å²) in [6, 6.07) is 0.964. The molecule has 84 valence electrons. The lowest BCUT2D eigenvalue weighted by molar-refractivity contribution is 0.227. The third kappa shape index (κ3) is 2.23. The maximum Gasteiger partial charge on any atom is 0.125 e. The van der Waals surface area contributed by atoms with E-state index in [1.165, 1.54) is 19.3 Å². The second kappa shape index (κ2) is 4.35. The summed E-state index contributed by atoms with van der Waals surface area (Å²) >= 11 is 0. The maximum atomic E-state index is 4.37. The molecule has 3 heteroatoms. The van der Waals surface area contributed by atoms with Crippen LogP contribution in [-0.2, 0) is 7.05 Å². The van der Waals surface area contributed by atoms with Crippen LogP contribution in [0.25, 0.3) is 0 Å². The summed E-state index contributed by atoms with van der Waals surface area (Å²) in [5.41, 5.74) is 0. The molecule has 0 aromatic carbocycles. The molecule has 0 saturated heterocycles. The van der Waals surface area contributed by atoms with E-state index >= 15 is 0 Å². The van der Waals surface area contributed by atoms with Crippen molar-refractivity contribution < 1.29 is 0 Å². The van der Waals surface area contributed by atoms with Gasteiger partial charge < -0.3 is 9.88 Å². The number of imidazole rings is 1. The maximum absolute atomic E-state index is 4.37. The van der Waals surface area contributed by atoms with E-state index in [-0.39, 0.29) is 0 Å². The van der Waals surface area contributed by atoms with Crippen molar-refractivity contribution in [2.75, 3.05) is 0 Å². The van der Waals surface area contributed by atoms with Gasteiger partial charge in [-0.1, -0.05) is 6.42 Å². The molecule has 1 aliphatic carbocycles. The van der Waals surface area contributed by atoms with Crippen molar-refractivity contribution in [3.05, 3.63) is 18.2 Å². The Kier molecular flexibility index (Phi) is 3.10. The highest BCUT2D eigenvalue weighted by atomic mass is 15.1. The number of hydrogen-bond donors (Lipinski definition) is 1. The Morgan fingerprint density at radius 3 is 2.67 bits per heavy atom. The standard InChI is InChI=1S/C12H21N3/c1-9(11-5-4-6-11)14-10(2)12-13-7-8-15(12)3/h7-11,14H,4-6H2,1-3H3. The largest absolute Gasteiger partial charge is 0.337 e. The number of nitrogens with one attached hydrogen (secondary N) is 1. The lowest BCUT2D eigenvalue weighted by atomic mass is 9.80. The molecule has 1 aliphatic rings. The van der Waals surface area contributed by atoms with E-state index in [4.69, 9.17) is 0 Å². The van der Waals surface area contributed by atoms with Crippen LogP contribution in [0, 0.1) is 5.92 Å². The first-order valence-corrected chi connectivity index (χ1v) is 5.91. The highest BCUT2D eigenvalue weighted by molar-refractivity contribution is 4.98. The molecule has 1 aromatic heterocycles. The van der Waals surface area contributed by atoms with E-state index in [9.17, 15) is 0 Å². The van der Waals surface area contributed by atoms with E-state index < -0.39 is 0 Å². The summed E-state index contributed by atoms with van der Waals surface area (Å²) in [4.78, 5) is 4.37. The molecule has 0 radical (unpaired) electrons. The summed E-state index contributed by atoms with van der Waals surface area (Å²) < 4.78 is 2.09. The topological polar surface area (TPSA) is 29.9 Å². The lowest BCUT2D eigenvalue weighted by Crippen LogP contribution is -2.39. The number of rotatable bonds is 4. The molecule has 3 nitrogen and oxygen atoms in total. The van der Waals surface area contributed by atoms with Gasteiger partial charge in [-0.15, -0.1) is 0 Å². The van der Waals surface area contributed by atoms with E-state index in [1.54, 1.807) is 0 Å². The van der Waals surface area contributed by atoms with Crippen molar-refractivity contribution in [1.82, 2.24) is 14.9 Å². The molecule has 1 N–H and O–H groups in total. The Morgan fingerprint density at radius 1 is 1.47 bits per heavy atom. The van der Waals surface area contributed by atoms with Crippen LogP contribution in [0.2, 0.25) is 0 Å². The Hall–Kier alpha value is -0.830. The molecule has 15 heavy (non-hydrogen) atoms. The van der Waals surface area contributed by atoms with Gasteiger partial charge in [-0.2, -0.15) is 0 Å². The van der Waals surface area contributed by atoms with Gasteiger partial charge in [0.05, 0.1) is 6.04 Å². The van der Waals surface area contributed by atoms with Crippen molar-refractivity contribution in [1.29, 1.82) is 0 Å². The molecule has 1 aromatic rings. The molecule has 0 bridgehead atoms. The van der Waals surface area contributed by atoms with Gasteiger partial charge in [0.25, 0.3) is 0 Å². The van der Waals surface area contributed by atoms with Gasteiger partial charge in [0.1, 0.15) is 5.82 Å². The first-order valence-electron chi connectivity index (χ1n) is 5.91. The second-order valence-electron chi connectivity index (χ2n) is 4.76. The fourth-order valence-electron chi connectivity index (χ4n) is 2.34. The molecule has 0 aliphatic heterocycles. The van der Waals surface area contributed by atoms with E-state index in [2.05, 4.69) is 35.8 Å². The third-order valence-corrected chi connectivity index (χ3v) is 3.62. The Balaban J connectivity index is 1.91. The van der Waals surface area contributed by atoms with Crippen LogP contribution < -0.4 is 5.32 Å². The Bertz CT molecular complexity index is 314. The second-order valence-corrected chi connectivity index (χ2v) is 4.76. The quantitative estimate of drug-likeness (QED) is 0.820. The van der Waals surface area contributed by atoms with E-state index in [0.29, 0.717) is 12.1 Å². The lowest BCUT2D eigenvalue weighted by Gasteiger charge is -2.33. The van der Waals surface area contributed by atoms with Crippen molar-refractivity contribution in [2.45, 2.75) is 45.2 Å². The number of aromatic nitrogens is 2. The van der Waals surface area contributed by atoms with Gasteiger partial charge in [-0.25, -0.2) is 4.98 Å². The fraction of sp³-hybridized carbons (Fsp3) is 0.750. The molecule has 2 atom stereocenters. The third-order valence-electron chi connectivity index (χ3n) is 3.62. The average molecular weight is 207 g/mol. The number of nitrogens with zero attached hydrogens (tertiary/aromatic N) is 2. The molecular formula is C12H21N3. The SMILES string of the molecule is CC(NC(C)C1CCC1)c1nccn1C. The predicted molar refractivity (Wildman–Crippen MR) is 61.6 cm³/mol. The summed E-state index contributed by atoms with van der Waals surface area (Å²) in [5, 5.41) is 3.64. The Morgan fingerprint density at radius 2 is 2.20 bits per heavy atom. The Labute approximate surface area is 91.9 Å². The van der Waals surface area contributed by atoms with Crippen molar-refractivity contribution in [3.8, 4) is 0 Å². The van der Waals surface area contributed by atoms with Crippen LogP contribution in [-0.4, -0.2) is 15.6 Å². The summed E-state index contributed by atoms with van der Waals surface area (Å²) in [5.74, 6) is 2.01. The average Bonchev–Trinajstić information content (AvgIpc) is 2.47. The molecule has 1 saturated carbocycles. The van der Waals surface area contributed by atoms with Gasteiger partial charge in [0, 0.05) is 25.5 Å². The summed E-state index contributed by atoms with van der Waals surface area (Å²) in [7, 11) is 2.05. The molecule has 2 unspecified atom stereocenters. The van der Waals surface area contributed by atoms with Crippen LogP contribution in [0.1, 0.15) is 45.0 Å². The van der Waals surface area contributed by atoms with Crippen LogP contribution in [0.3, 0.4) is 0 Å². The van der Waals surface area contributed by atoms with Crippen LogP contribution in [0.5, 0.6) is 0 Å². The normalized spacial score (nSPS) is 21.0. The van der Waals surface area contributed by atoms with Crippen LogP contribution in [0.4, 0.5) is 0 Å². The van der Waals surface area contributed by atoms with E-state index in [0.717, 1.165) is 11.7 Å². The molecule has 0 amide bonds. The summed E-state index contributed by atoms with van der Waals surface area (Å²) in [6.45, 7) is 4.49. The van der Waals surface area contributed by atoms with Gasteiger partial charge in [-0.3, -0.25) is 0 Å². The first-order chi connectivity index (χ1) is 7.18. The zero-order chi connectivity index (χ0) is 10.8. The van der Waals surface area contributed by atoms with Gasteiger partial charge in [0.15, 0.2) is 0 Å². The van der Waals surface area contributed by atoms with Crippen molar-refractivity contribution in [3.63, 3.8) is 0 Å². The molecular weight excluding hydrogens is 186 g/mol. The highest BCUT2D eigenvalue weighted by Gasteiger charge is 2.25. The minimum Gasteiger partial charge on any atom is -0.337 e. The summed E-state index contributed by atoms with van der Waals surface area (Å²) in [6.07, 6.45) is 8.05. The first kappa shape index (κ1) is 10.7. The minimum absolute atomic E-state index is 0.348.